The number of ether oxygens (including phenoxy) is 2. The van der Waals surface area contributed by atoms with Gasteiger partial charge in [-0.3, -0.25) is 9.59 Å². The standard InChI is InChI=1S/2C24H30O2.CH4/c1-14-9-10-16(11-15(14)2)20-18-12-17(23(3,4)5)13-19(24(6,7)8)21(18)26-22(20)25;1-14-10-9-11-17(15(14)2)20-18-12-16(23(3,4)5)13-19(24(6,7)8)21(18)26-22(20)25;/h2*9-13,20H,1-8H3;1H4. The molecule has 284 valence electrons. The van der Waals surface area contributed by atoms with Crippen LogP contribution in [0.2, 0.25) is 0 Å². The third-order valence-corrected chi connectivity index (χ3v) is 10.9. The van der Waals surface area contributed by atoms with Crippen LogP contribution in [0.4, 0.5) is 0 Å². The summed E-state index contributed by atoms with van der Waals surface area (Å²) in [7, 11) is 0. The molecule has 0 saturated carbocycles. The fraction of sp³-hybridized carbons (Fsp3) is 0.469. The Morgan fingerprint density at radius 1 is 0.472 bits per heavy atom. The number of carbonyl (C=O) groups is 2. The van der Waals surface area contributed by atoms with E-state index in [0.29, 0.717) is 0 Å². The zero-order chi connectivity index (χ0) is 38.9. The predicted octanol–water partition coefficient (Wildman–Crippen LogP) is 12.5. The average Bonchev–Trinajstić information content (AvgIpc) is 3.52. The molecule has 0 bridgehead atoms. The first-order valence-corrected chi connectivity index (χ1v) is 18.7. The number of fused-ring (bicyclic) bond motifs is 2. The highest BCUT2D eigenvalue weighted by Gasteiger charge is 2.41. The second-order valence-electron chi connectivity index (χ2n) is 19.2. The van der Waals surface area contributed by atoms with Gasteiger partial charge in [0.25, 0.3) is 0 Å². The maximum atomic E-state index is 12.9. The van der Waals surface area contributed by atoms with Gasteiger partial charge in [-0.2, -0.15) is 0 Å². The number of benzene rings is 4. The third kappa shape index (κ3) is 8.17. The Morgan fingerprint density at radius 2 is 0.925 bits per heavy atom. The number of carbonyl (C=O) groups excluding carboxylic acids is 2. The van der Waals surface area contributed by atoms with Crippen molar-refractivity contribution in [1.29, 1.82) is 0 Å². The Hall–Kier alpha value is -4.18. The van der Waals surface area contributed by atoms with E-state index in [0.717, 1.165) is 44.9 Å². The number of esters is 2. The van der Waals surface area contributed by atoms with Crippen LogP contribution in [0.5, 0.6) is 11.5 Å². The van der Waals surface area contributed by atoms with Crippen LogP contribution in [0, 0.1) is 27.7 Å². The van der Waals surface area contributed by atoms with Gasteiger partial charge in [-0.25, -0.2) is 0 Å². The summed E-state index contributed by atoms with van der Waals surface area (Å²) in [5.41, 5.74) is 13.4. The van der Waals surface area contributed by atoms with E-state index in [4.69, 9.17) is 9.47 Å². The molecular formula is C49H64O4. The fourth-order valence-electron chi connectivity index (χ4n) is 7.15. The van der Waals surface area contributed by atoms with Crippen molar-refractivity contribution in [2.24, 2.45) is 0 Å². The first kappa shape index (κ1) is 41.6. The largest absolute Gasteiger partial charge is 0.425 e. The van der Waals surface area contributed by atoms with Crippen LogP contribution >= 0.6 is 0 Å². The van der Waals surface area contributed by atoms with Crippen LogP contribution in [0.25, 0.3) is 0 Å². The number of hydrogen-bond donors (Lipinski definition) is 0. The zero-order valence-corrected chi connectivity index (χ0v) is 34.6. The minimum Gasteiger partial charge on any atom is -0.425 e. The molecule has 0 fully saturated rings. The van der Waals surface area contributed by atoms with E-state index in [1.54, 1.807) is 0 Å². The van der Waals surface area contributed by atoms with Gasteiger partial charge in [0.05, 0.1) is 0 Å². The van der Waals surface area contributed by atoms with Crippen LogP contribution in [0.3, 0.4) is 0 Å². The van der Waals surface area contributed by atoms with Gasteiger partial charge in [-0.15, -0.1) is 0 Å². The van der Waals surface area contributed by atoms with Gasteiger partial charge in [-0.1, -0.05) is 151 Å². The molecule has 2 aliphatic heterocycles. The molecule has 53 heavy (non-hydrogen) atoms. The molecule has 2 unspecified atom stereocenters. The Balaban J connectivity index is 0.000000232. The van der Waals surface area contributed by atoms with Gasteiger partial charge in [-0.05, 0) is 93.9 Å². The van der Waals surface area contributed by atoms with E-state index >= 15 is 0 Å². The molecule has 0 N–H and O–H groups in total. The van der Waals surface area contributed by atoms with Crippen molar-refractivity contribution in [3.8, 4) is 11.5 Å². The van der Waals surface area contributed by atoms with E-state index in [1.165, 1.54) is 33.4 Å². The summed E-state index contributed by atoms with van der Waals surface area (Å²) in [6.07, 6.45) is 0. The summed E-state index contributed by atoms with van der Waals surface area (Å²) < 4.78 is 11.7. The highest BCUT2D eigenvalue weighted by Crippen LogP contribution is 2.49. The molecule has 0 radical (unpaired) electrons. The van der Waals surface area contributed by atoms with E-state index in [2.05, 4.69) is 165 Å². The lowest BCUT2D eigenvalue weighted by Gasteiger charge is -2.27. The maximum absolute atomic E-state index is 12.9. The molecule has 2 aliphatic rings. The Kier molecular flexibility index (Phi) is 11.2. The summed E-state index contributed by atoms with van der Waals surface area (Å²) >= 11 is 0. The smallest absolute Gasteiger partial charge is 0.323 e. The highest BCUT2D eigenvalue weighted by atomic mass is 16.5. The molecule has 2 heterocycles. The molecular weight excluding hydrogens is 653 g/mol. The Labute approximate surface area is 320 Å². The van der Waals surface area contributed by atoms with Crippen molar-refractivity contribution in [2.45, 2.75) is 152 Å². The van der Waals surface area contributed by atoms with Gasteiger partial charge >= 0.3 is 11.9 Å². The lowest BCUT2D eigenvalue weighted by Crippen LogP contribution is -2.17. The molecule has 4 aromatic rings. The van der Waals surface area contributed by atoms with Crippen molar-refractivity contribution in [1.82, 2.24) is 0 Å². The summed E-state index contributed by atoms with van der Waals surface area (Å²) in [5, 5.41) is 0. The van der Waals surface area contributed by atoms with Crippen molar-refractivity contribution in [3.05, 3.63) is 127 Å². The van der Waals surface area contributed by atoms with Crippen molar-refractivity contribution < 1.29 is 19.1 Å². The van der Waals surface area contributed by atoms with Gasteiger partial charge in [0.1, 0.15) is 23.3 Å². The number of rotatable bonds is 2. The molecule has 4 heteroatoms. The van der Waals surface area contributed by atoms with Gasteiger partial charge in [0.15, 0.2) is 0 Å². The SMILES string of the molecule is C.Cc1ccc(C2C(=O)Oc3c2cc(C(C)(C)C)cc3C(C)(C)C)cc1C.Cc1cccc(C2C(=O)Oc3c2cc(C(C)(C)C)cc3C(C)(C)C)c1C. The number of hydrogen-bond acceptors (Lipinski definition) is 4. The lowest BCUT2D eigenvalue weighted by atomic mass is 9.77. The average molecular weight is 717 g/mol. The molecule has 4 nitrogen and oxygen atoms in total. The zero-order valence-electron chi connectivity index (χ0n) is 34.6. The summed E-state index contributed by atoms with van der Waals surface area (Å²) in [6, 6.07) is 21.2. The van der Waals surface area contributed by atoms with Crippen LogP contribution in [0.1, 0.15) is 169 Å². The minimum absolute atomic E-state index is 0. The molecule has 4 aromatic carbocycles. The summed E-state index contributed by atoms with van der Waals surface area (Å²) in [5.74, 6) is 0.520. The van der Waals surface area contributed by atoms with Crippen LogP contribution in [-0.4, -0.2) is 11.9 Å². The maximum Gasteiger partial charge on any atom is 0.323 e. The molecule has 0 aromatic heterocycles. The Bertz CT molecular complexity index is 2050. The summed E-state index contributed by atoms with van der Waals surface area (Å²) in [6.45, 7) is 34.7. The molecule has 0 spiro atoms. The number of aryl methyl sites for hydroxylation is 3. The normalized spacial score (nSPS) is 16.9. The van der Waals surface area contributed by atoms with E-state index in [1.807, 2.05) is 6.07 Å². The van der Waals surface area contributed by atoms with E-state index < -0.39 is 0 Å². The predicted molar refractivity (Wildman–Crippen MR) is 221 cm³/mol. The van der Waals surface area contributed by atoms with Crippen molar-refractivity contribution in [2.75, 3.05) is 0 Å². The molecule has 6 rings (SSSR count). The van der Waals surface area contributed by atoms with Crippen molar-refractivity contribution in [3.63, 3.8) is 0 Å². The third-order valence-electron chi connectivity index (χ3n) is 10.9. The van der Waals surface area contributed by atoms with E-state index in [-0.39, 0.29) is 52.9 Å². The lowest BCUT2D eigenvalue weighted by molar-refractivity contribution is -0.134. The fourth-order valence-corrected chi connectivity index (χ4v) is 7.15. The first-order chi connectivity index (χ1) is 23.8. The molecule has 0 aliphatic carbocycles. The van der Waals surface area contributed by atoms with E-state index in [9.17, 15) is 9.59 Å². The van der Waals surface area contributed by atoms with Crippen LogP contribution in [-0.2, 0) is 31.2 Å². The topological polar surface area (TPSA) is 52.6 Å². The minimum atomic E-state index is -0.340. The second kappa shape index (κ2) is 14.2. The molecule has 2 atom stereocenters. The summed E-state index contributed by atoms with van der Waals surface area (Å²) in [4.78, 5) is 25.8. The van der Waals surface area contributed by atoms with Crippen LogP contribution in [0.15, 0.2) is 60.7 Å². The molecule has 0 saturated heterocycles. The first-order valence-electron chi connectivity index (χ1n) is 18.7. The van der Waals surface area contributed by atoms with Gasteiger partial charge < -0.3 is 9.47 Å². The second-order valence-corrected chi connectivity index (χ2v) is 19.2. The highest BCUT2D eigenvalue weighted by molar-refractivity contribution is 5.91. The van der Waals surface area contributed by atoms with Gasteiger partial charge in [0.2, 0.25) is 0 Å². The molecule has 0 amide bonds. The van der Waals surface area contributed by atoms with Crippen molar-refractivity contribution >= 4 is 11.9 Å². The monoisotopic (exact) mass is 716 g/mol. The quantitative estimate of drug-likeness (QED) is 0.153. The Morgan fingerprint density at radius 3 is 1.36 bits per heavy atom. The van der Waals surface area contributed by atoms with Crippen LogP contribution < -0.4 is 9.47 Å². The van der Waals surface area contributed by atoms with Gasteiger partial charge in [0, 0.05) is 22.3 Å².